The van der Waals surface area contributed by atoms with Crippen molar-refractivity contribution in [3.8, 4) is 0 Å². The Morgan fingerprint density at radius 3 is 2.11 bits per heavy atom. The number of aliphatic hydroxyl groups is 2. The van der Waals surface area contributed by atoms with E-state index in [0.717, 1.165) is 0 Å². The third-order valence-electron chi connectivity index (χ3n) is 1.58. The van der Waals surface area contributed by atoms with Gasteiger partial charge >= 0.3 is 0 Å². The lowest BCUT2D eigenvalue weighted by molar-refractivity contribution is -0.123. The average molecular weight is 133 g/mol. The van der Waals surface area contributed by atoms with Crippen molar-refractivity contribution in [2.24, 2.45) is 5.73 Å². The van der Waals surface area contributed by atoms with Gasteiger partial charge < -0.3 is 20.7 Å². The van der Waals surface area contributed by atoms with Crippen molar-refractivity contribution in [1.29, 1.82) is 0 Å². The van der Waals surface area contributed by atoms with Crippen molar-refractivity contribution in [3.05, 3.63) is 0 Å². The van der Waals surface area contributed by atoms with Crippen molar-refractivity contribution in [1.82, 2.24) is 0 Å². The predicted octanol–water partition coefficient (Wildman–Crippen LogP) is -1.59. The van der Waals surface area contributed by atoms with Gasteiger partial charge in [0.2, 0.25) is 0 Å². The molecule has 0 radical (unpaired) electrons. The Labute approximate surface area is 53.2 Å². The second-order valence-electron chi connectivity index (χ2n) is 2.30. The van der Waals surface area contributed by atoms with Crippen LogP contribution < -0.4 is 5.73 Å². The molecule has 0 aliphatic carbocycles. The first-order valence-corrected chi connectivity index (χ1v) is 2.90. The Bertz CT molecular complexity index is 96.4. The molecule has 4 N–H and O–H groups in total. The van der Waals surface area contributed by atoms with E-state index in [2.05, 4.69) is 0 Å². The Balaban J connectivity index is 2.54. The quantitative estimate of drug-likeness (QED) is 0.372. The van der Waals surface area contributed by atoms with Gasteiger partial charge in [-0.15, -0.1) is 0 Å². The van der Waals surface area contributed by atoms with E-state index >= 15 is 0 Å². The summed E-state index contributed by atoms with van der Waals surface area (Å²) in [5.74, 6) is 0. The van der Waals surface area contributed by atoms with E-state index in [4.69, 9.17) is 20.7 Å². The lowest BCUT2D eigenvalue weighted by Crippen LogP contribution is -2.39. The van der Waals surface area contributed by atoms with Crippen molar-refractivity contribution < 1.29 is 14.9 Å². The first-order valence-electron chi connectivity index (χ1n) is 2.90. The minimum atomic E-state index is -1.10. The van der Waals surface area contributed by atoms with E-state index in [1.54, 1.807) is 6.92 Å². The van der Waals surface area contributed by atoms with Crippen LogP contribution in [0.4, 0.5) is 0 Å². The number of ether oxygens (including phenoxy) is 1. The van der Waals surface area contributed by atoms with Crippen LogP contribution in [-0.2, 0) is 4.74 Å². The van der Waals surface area contributed by atoms with Crippen molar-refractivity contribution in [2.45, 2.75) is 31.5 Å². The SMILES string of the molecule is C[C@H]1O[C@H](O)[C@H](O)[C@H]1N. The highest BCUT2D eigenvalue weighted by atomic mass is 16.6. The van der Waals surface area contributed by atoms with Crippen LogP contribution in [0.5, 0.6) is 0 Å². The Morgan fingerprint density at radius 1 is 1.44 bits per heavy atom. The third-order valence-corrected chi connectivity index (χ3v) is 1.58. The molecule has 0 saturated carbocycles. The first kappa shape index (κ1) is 6.95. The molecule has 0 spiro atoms. The monoisotopic (exact) mass is 133 g/mol. The fourth-order valence-electron chi connectivity index (χ4n) is 0.859. The maximum absolute atomic E-state index is 8.94. The maximum Gasteiger partial charge on any atom is 0.182 e. The molecule has 4 atom stereocenters. The standard InChI is InChI=1S/C5H11NO3/c1-2-3(6)4(7)5(8)9-2/h2-5,7-8H,6H2,1H3/t2-,3+,4-,5+/m1/s1. The van der Waals surface area contributed by atoms with Gasteiger partial charge in [-0.3, -0.25) is 0 Å². The van der Waals surface area contributed by atoms with Crippen molar-refractivity contribution in [3.63, 3.8) is 0 Å². The van der Waals surface area contributed by atoms with Crippen LogP contribution in [0.25, 0.3) is 0 Å². The topological polar surface area (TPSA) is 75.7 Å². The summed E-state index contributed by atoms with van der Waals surface area (Å²) in [4.78, 5) is 0. The van der Waals surface area contributed by atoms with Gasteiger partial charge in [-0.2, -0.15) is 0 Å². The summed E-state index contributed by atoms with van der Waals surface area (Å²) in [7, 11) is 0. The highest BCUT2D eigenvalue weighted by molar-refractivity contribution is 4.86. The highest BCUT2D eigenvalue weighted by Gasteiger charge is 2.37. The predicted molar refractivity (Wildman–Crippen MR) is 30.5 cm³/mol. The van der Waals surface area contributed by atoms with Gasteiger partial charge in [-0.05, 0) is 6.92 Å². The molecular weight excluding hydrogens is 122 g/mol. The van der Waals surface area contributed by atoms with Gasteiger partial charge in [0.15, 0.2) is 6.29 Å². The summed E-state index contributed by atoms with van der Waals surface area (Å²) in [6.45, 7) is 1.71. The van der Waals surface area contributed by atoms with Crippen LogP contribution in [0, 0.1) is 0 Å². The summed E-state index contributed by atoms with van der Waals surface area (Å²) < 4.78 is 4.77. The number of hydrogen-bond acceptors (Lipinski definition) is 4. The summed E-state index contributed by atoms with van der Waals surface area (Å²) in [6, 6.07) is -0.458. The van der Waals surface area contributed by atoms with Gasteiger partial charge in [-0.1, -0.05) is 0 Å². The van der Waals surface area contributed by atoms with E-state index in [-0.39, 0.29) is 6.10 Å². The molecule has 54 valence electrons. The number of hydrogen-bond donors (Lipinski definition) is 3. The lowest BCUT2D eigenvalue weighted by Gasteiger charge is -2.08. The Hall–Kier alpha value is -0.160. The van der Waals surface area contributed by atoms with E-state index in [1.807, 2.05) is 0 Å². The molecule has 0 aromatic rings. The highest BCUT2D eigenvalue weighted by Crippen LogP contribution is 2.16. The summed E-state index contributed by atoms with van der Waals surface area (Å²) in [5.41, 5.74) is 5.38. The molecule has 4 heteroatoms. The van der Waals surface area contributed by atoms with Crippen LogP contribution in [0.3, 0.4) is 0 Å². The van der Waals surface area contributed by atoms with Crippen LogP contribution in [0.15, 0.2) is 0 Å². The molecule has 1 rings (SSSR count). The molecule has 4 nitrogen and oxygen atoms in total. The Morgan fingerprint density at radius 2 is 2.00 bits per heavy atom. The maximum atomic E-state index is 8.94. The first-order chi connectivity index (χ1) is 4.13. The molecule has 1 aliphatic rings. The molecule has 0 bridgehead atoms. The molecule has 1 aliphatic heterocycles. The molecule has 0 aromatic heterocycles. The van der Waals surface area contributed by atoms with Crippen LogP contribution in [-0.4, -0.2) is 34.8 Å². The van der Waals surface area contributed by atoms with Crippen molar-refractivity contribution in [2.75, 3.05) is 0 Å². The molecule has 1 heterocycles. The van der Waals surface area contributed by atoms with Crippen LogP contribution in [0.2, 0.25) is 0 Å². The normalized spacial score (nSPS) is 52.0. The molecule has 0 aromatic carbocycles. The Kier molecular flexibility index (Phi) is 1.72. The van der Waals surface area contributed by atoms with Gasteiger partial charge in [0.05, 0.1) is 12.1 Å². The van der Waals surface area contributed by atoms with Crippen LogP contribution in [0.1, 0.15) is 6.92 Å². The average Bonchev–Trinajstić information content (AvgIpc) is 1.98. The van der Waals surface area contributed by atoms with Gasteiger partial charge in [0.1, 0.15) is 6.10 Å². The second-order valence-corrected chi connectivity index (χ2v) is 2.30. The van der Waals surface area contributed by atoms with Crippen molar-refractivity contribution >= 4 is 0 Å². The number of rotatable bonds is 0. The zero-order valence-corrected chi connectivity index (χ0v) is 5.19. The molecule has 1 saturated heterocycles. The summed E-state index contributed by atoms with van der Waals surface area (Å²) in [5, 5.41) is 17.7. The fraction of sp³-hybridized carbons (Fsp3) is 1.00. The summed E-state index contributed by atoms with van der Waals surface area (Å²) >= 11 is 0. The second kappa shape index (κ2) is 2.22. The van der Waals surface area contributed by atoms with Gasteiger partial charge in [0, 0.05) is 0 Å². The molecule has 0 unspecified atom stereocenters. The molecular formula is C5H11NO3. The third kappa shape index (κ3) is 1.07. The molecule has 9 heavy (non-hydrogen) atoms. The van der Waals surface area contributed by atoms with Gasteiger partial charge in [0.25, 0.3) is 0 Å². The number of nitrogens with two attached hydrogens (primary N) is 1. The van der Waals surface area contributed by atoms with E-state index in [0.29, 0.717) is 0 Å². The van der Waals surface area contributed by atoms with E-state index in [9.17, 15) is 0 Å². The smallest absolute Gasteiger partial charge is 0.182 e. The number of aliphatic hydroxyl groups excluding tert-OH is 2. The largest absolute Gasteiger partial charge is 0.386 e. The zero-order chi connectivity index (χ0) is 7.02. The van der Waals surface area contributed by atoms with E-state index < -0.39 is 18.4 Å². The van der Waals surface area contributed by atoms with Crippen LogP contribution >= 0.6 is 0 Å². The lowest BCUT2D eigenvalue weighted by atomic mass is 10.1. The zero-order valence-electron chi connectivity index (χ0n) is 5.19. The van der Waals surface area contributed by atoms with Gasteiger partial charge in [-0.25, -0.2) is 0 Å². The summed E-state index contributed by atoms with van der Waals surface area (Å²) in [6.07, 6.45) is -2.29. The minimum Gasteiger partial charge on any atom is -0.386 e. The fourth-order valence-corrected chi connectivity index (χ4v) is 0.859. The molecule has 1 fully saturated rings. The minimum absolute atomic E-state index is 0.255. The van der Waals surface area contributed by atoms with E-state index in [1.165, 1.54) is 0 Å². The molecule has 0 amide bonds.